The summed E-state index contributed by atoms with van der Waals surface area (Å²) in [6.45, 7) is 9.25. The highest BCUT2D eigenvalue weighted by molar-refractivity contribution is 7.99. The molecule has 0 spiro atoms. The third-order valence-electron chi connectivity index (χ3n) is 4.32. The van der Waals surface area contributed by atoms with Crippen molar-refractivity contribution in [3.8, 4) is 0 Å². The second-order valence-electron chi connectivity index (χ2n) is 5.40. The molecule has 102 valence electrons. The number of rotatable bonds is 8. The molecular formula is C15H31NS. The second kappa shape index (κ2) is 9.27. The first-order valence-corrected chi connectivity index (χ1v) is 8.75. The van der Waals surface area contributed by atoms with E-state index in [2.05, 4.69) is 37.8 Å². The Hall–Kier alpha value is 0.310. The van der Waals surface area contributed by atoms with Gasteiger partial charge in [-0.05, 0) is 61.6 Å². The maximum atomic E-state index is 3.56. The molecule has 3 unspecified atom stereocenters. The summed E-state index contributed by atoms with van der Waals surface area (Å²) in [5.74, 6) is 5.62. The lowest BCUT2D eigenvalue weighted by Crippen LogP contribution is -2.33. The summed E-state index contributed by atoms with van der Waals surface area (Å²) in [6, 6.07) is 0. The van der Waals surface area contributed by atoms with Crippen LogP contribution in [0, 0.1) is 17.8 Å². The molecule has 0 aromatic carbocycles. The van der Waals surface area contributed by atoms with Crippen LogP contribution in [0.25, 0.3) is 0 Å². The highest BCUT2D eigenvalue weighted by Crippen LogP contribution is 2.37. The predicted octanol–water partition coefficient (Wildman–Crippen LogP) is 4.18. The molecule has 3 atom stereocenters. The first-order chi connectivity index (χ1) is 8.31. The topological polar surface area (TPSA) is 12.0 Å². The number of hydrogen-bond donors (Lipinski definition) is 1. The summed E-state index contributed by atoms with van der Waals surface area (Å²) in [5.41, 5.74) is 0. The summed E-state index contributed by atoms with van der Waals surface area (Å²) >= 11 is 2.12. The molecule has 1 rings (SSSR count). The normalized spacial score (nSPS) is 29.5. The Morgan fingerprint density at radius 2 is 1.94 bits per heavy atom. The van der Waals surface area contributed by atoms with Crippen molar-refractivity contribution >= 4 is 11.8 Å². The van der Waals surface area contributed by atoms with E-state index in [0.29, 0.717) is 0 Å². The monoisotopic (exact) mass is 257 g/mol. The highest BCUT2D eigenvalue weighted by Gasteiger charge is 2.28. The zero-order chi connectivity index (χ0) is 12.5. The molecule has 0 bridgehead atoms. The SMILES string of the molecule is CCNCC1CCC(CC)CC1CCSCC. The molecule has 2 heteroatoms. The van der Waals surface area contributed by atoms with Gasteiger partial charge >= 0.3 is 0 Å². The molecule has 0 aromatic heterocycles. The molecule has 0 radical (unpaired) electrons. The number of hydrogen-bond acceptors (Lipinski definition) is 2. The van der Waals surface area contributed by atoms with Gasteiger partial charge in [-0.3, -0.25) is 0 Å². The summed E-state index contributed by atoms with van der Waals surface area (Å²) in [6.07, 6.45) is 7.28. The molecule has 1 aliphatic carbocycles. The van der Waals surface area contributed by atoms with Crippen molar-refractivity contribution in [2.75, 3.05) is 24.6 Å². The molecular weight excluding hydrogens is 226 g/mol. The summed E-state index contributed by atoms with van der Waals surface area (Å²) in [5, 5.41) is 3.56. The Balaban J connectivity index is 2.37. The van der Waals surface area contributed by atoms with E-state index in [0.717, 1.165) is 24.3 Å². The smallest absolute Gasteiger partial charge is 0.00180 e. The third-order valence-corrected chi connectivity index (χ3v) is 5.25. The first-order valence-electron chi connectivity index (χ1n) is 7.60. The van der Waals surface area contributed by atoms with Crippen LogP contribution in [0.1, 0.15) is 52.9 Å². The van der Waals surface area contributed by atoms with Crippen LogP contribution in [-0.2, 0) is 0 Å². The average molecular weight is 257 g/mol. The third kappa shape index (κ3) is 5.65. The van der Waals surface area contributed by atoms with Gasteiger partial charge in [-0.1, -0.05) is 33.6 Å². The van der Waals surface area contributed by atoms with Crippen LogP contribution in [0.3, 0.4) is 0 Å². The zero-order valence-electron chi connectivity index (χ0n) is 12.0. The van der Waals surface area contributed by atoms with Crippen LogP contribution in [0.5, 0.6) is 0 Å². The van der Waals surface area contributed by atoms with Crippen molar-refractivity contribution in [2.24, 2.45) is 17.8 Å². The van der Waals surface area contributed by atoms with E-state index < -0.39 is 0 Å². The summed E-state index contributed by atoms with van der Waals surface area (Å²) in [7, 11) is 0. The molecule has 0 amide bonds. The fourth-order valence-electron chi connectivity index (χ4n) is 3.13. The molecule has 1 nitrogen and oxygen atoms in total. The maximum absolute atomic E-state index is 3.56. The number of thioether (sulfide) groups is 1. The molecule has 0 saturated heterocycles. The van der Waals surface area contributed by atoms with E-state index in [4.69, 9.17) is 0 Å². The van der Waals surface area contributed by atoms with Crippen LogP contribution in [0.15, 0.2) is 0 Å². The lowest BCUT2D eigenvalue weighted by atomic mass is 9.72. The minimum atomic E-state index is 0.954. The fraction of sp³-hybridized carbons (Fsp3) is 1.00. The van der Waals surface area contributed by atoms with Crippen LogP contribution in [-0.4, -0.2) is 24.6 Å². The Kier molecular flexibility index (Phi) is 8.38. The fourth-order valence-corrected chi connectivity index (χ4v) is 3.88. The van der Waals surface area contributed by atoms with E-state index >= 15 is 0 Å². The van der Waals surface area contributed by atoms with Gasteiger partial charge in [0.2, 0.25) is 0 Å². The van der Waals surface area contributed by atoms with Crippen LogP contribution in [0.4, 0.5) is 0 Å². The van der Waals surface area contributed by atoms with Crippen molar-refractivity contribution in [3.63, 3.8) is 0 Å². The number of nitrogens with one attached hydrogen (secondary N) is 1. The molecule has 0 aromatic rings. The standard InChI is InChI=1S/C15H31NS/c1-4-13-7-8-15(12-16-5-2)14(11-13)9-10-17-6-3/h13-16H,4-12H2,1-3H3. The lowest BCUT2D eigenvalue weighted by molar-refractivity contribution is 0.169. The van der Waals surface area contributed by atoms with Gasteiger partial charge in [0.15, 0.2) is 0 Å². The van der Waals surface area contributed by atoms with E-state index in [1.807, 2.05) is 0 Å². The average Bonchev–Trinajstić information content (AvgIpc) is 2.37. The minimum Gasteiger partial charge on any atom is -0.317 e. The van der Waals surface area contributed by atoms with Gasteiger partial charge in [0.25, 0.3) is 0 Å². The zero-order valence-corrected chi connectivity index (χ0v) is 12.8. The Morgan fingerprint density at radius 1 is 1.12 bits per heavy atom. The van der Waals surface area contributed by atoms with Crippen LogP contribution < -0.4 is 5.32 Å². The van der Waals surface area contributed by atoms with Gasteiger partial charge in [0, 0.05) is 0 Å². The quantitative estimate of drug-likeness (QED) is 0.655. The van der Waals surface area contributed by atoms with E-state index in [1.54, 1.807) is 0 Å². The van der Waals surface area contributed by atoms with E-state index in [9.17, 15) is 0 Å². The van der Waals surface area contributed by atoms with Crippen LogP contribution >= 0.6 is 11.8 Å². The molecule has 1 saturated carbocycles. The molecule has 1 N–H and O–H groups in total. The van der Waals surface area contributed by atoms with Gasteiger partial charge < -0.3 is 5.32 Å². The van der Waals surface area contributed by atoms with Crippen molar-refractivity contribution < 1.29 is 0 Å². The van der Waals surface area contributed by atoms with Gasteiger partial charge in [0.05, 0.1) is 0 Å². The highest BCUT2D eigenvalue weighted by atomic mass is 32.2. The van der Waals surface area contributed by atoms with E-state index in [-0.39, 0.29) is 0 Å². The summed E-state index contributed by atoms with van der Waals surface area (Å²) < 4.78 is 0. The largest absolute Gasteiger partial charge is 0.317 e. The first kappa shape index (κ1) is 15.4. The van der Waals surface area contributed by atoms with Crippen molar-refractivity contribution in [1.82, 2.24) is 5.32 Å². The lowest BCUT2D eigenvalue weighted by Gasteiger charge is -2.36. The van der Waals surface area contributed by atoms with Gasteiger partial charge in [-0.25, -0.2) is 0 Å². The molecule has 17 heavy (non-hydrogen) atoms. The Labute approximate surface area is 113 Å². The van der Waals surface area contributed by atoms with Crippen molar-refractivity contribution in [1.29, 1.82) is 0 Å². The Morgan fingerprint density at radius 3 is 2.59 bits per heavy atom. The molecule has 1 aliphatic rings. The molecule has 0 aliphatic heterocycles. The van der Waals surface area contributed by atoms with Crippen molar-refractivity contribution in [3.05, 3.63) is 0 Å². The van der Waals surface area contributed by atoms with Crippen LogP contribution in [0.2, 0.25) is 0 Å². The summed E-state index contributed by atoms with van der Waals surface area (Å²) in [4.78, 5) is 0. The molecule has 1 fully saturated rings. The van der Waals surface area contributed by atoms with Gasteiger partial charge in [-0.2, -0.15) is 11.8 Å². The molecule has 0 heterocycles. The van der Waals surface area contributed by atoms with Crippen molar-refractivity contribution in [2.45, 2.75) is 52.9 Å². The van der Waals surface area contributed by atoms with E-state index in [1.165, 1.54) is 50.2 Å². The van der Waals surface area contributed by atoms with Gasteiger partial charge in [-0.15, -0.1) is 0 Å². The minimum absolute atomic E-state index is 0.954. The Bertz CT molecular complexity index is 184. The maximum Gasteiger partial charge on any atom is -0.00180 e. The second-order valence-corrected chi connectivity index (χ2v) is 6.79. The van der Waals surface area contributed by atoms with Gasteiger partial charge in [0.1, 0.15) is 0 Å². The predicted molar refractivity (Wildman–Crippen MR) is 80.8 cm³/mol.